The highest BCUT2D eigenvalue weighted by molar-refractivity contribution is 7.89. The lowest BCUT2D eigenvalue weighted by Crippen LogP contribution is -2.38. The molecule has 8 heteroatoms. The van der Waals surface area contributed by atoms with Crippen molar-refractivity contribution >= 4 is 21.6 Å². The van der Waals surface area contributed by atoms with E-state index >= 15 is 0 Å². The van der Waals surface area contributed by atoms with E-state index in [4.69, 9.17) is 4.74 Å². The molecule has 33 heavy (non-hydrogen) atoms. The smallest absolute Gasteiger partial charge is 0.243 e. The molecule has 178 valence electrons. The number of nitrogens with zero attached hydrogens (tertiary/aromatic N) is 2. The molecule has 0 saturated heterocycles. The zero-order valence-electron chi connectivity index (χ0n) is 19.4. The van der Waals surface area contributed by atoms with Crippen LogP contribution in [0.15, 0.2) is 47.4 Å². The van der Waals surface area contributed by atoms with Crippen LogP contribution in [0.2, 0.25) is 0 Å². The molecule has 7 nitrogen and oxygen atoms in total. The first-order valence-corrected chi connectivity index (χ1v) is 13.1. The molecule has 1 aliphatic carbocycles. The van der Waals surface area contributed by atoms with Gasteiger partial charge in [0, 0.05) is 31.9 Å². The molecule has 0 atom stereocenters. The molecule has 1 saturated carbocycles. The normalized spacial score (nSPS) is 17.5. The van der Waals surface area contributed by atoms with Gasteiger partial charge in [-0.15, -0.1) is 0 Å². The van der Waals surface area contributed by atoms with Gasteiger partial charge in [-0.3, -0.25) is 9.69 Å². The molecule has 2 aliphatic rings. The number of anilines is 1. The number of rotatable bonds is 7. The maximum Gasteiger partial charge on any atom is 0.243 e. The molecule has 2 aromatic rings. The Morgan fingerprint density at radius 1 is 1.09 bits per heavy atom. The van der Waals surface area contributed by atoms with Gasteiger partial charge >= 0.3 is 0 Å². The van der Waals surface area contributed by atoms with Crippen molar-refractivity contribution in [1.29, 1.82) is 0 Å². The van der Waals surface area contributed by atoms with E-state index < -0.39 is 10.0 Å². The van der Waals surface area contributed by atoms with Crippen molar-refractivity contribution < 1.29 is 17.9 Å². The van der Waals surface area contributed by atoms with Crippen LogP contribution in [0, 0.1) is 0 Å². The first kappa shape index (κ1) is 23.7. The van der Waals surface area contributed by atoms with Gasteiger partial charge in [0.1, 0.15) is 5.75 Å². The van der Waals surface area contributed by atoms with Crippen LogP contribution in [-0.4, -0.2) is 56.8 Å². The third-order valence-electron chi connectivity index (χ3n) is 6.78. The number of carbonyl (C=O) groups is 1. The molecule has 0 aromatic heterocycles. The van der Waals surface area contributed by atoms with Crippen molar-refractivity contribution in [2.75, 3.05) is 32.6 Å². The largest absolute Gasteiger partial charge is 0.497 e. The molecule has 0 bridgehead atoms. The van der Waals surface area contributed by atoms with Crippen molar-refractivity contribution in [2.24, 2.45) is 0 Å². The van der Waals surface area contributed by atoms with Gasteiger partial charge in [-0.1, -0.05) is 25.3 Å². The summed E-state index contributed by atoms with van der Waals surface area (Å²) in [5.74, 6) is 0.709. The van der Waals surface area contributed by atoms with Gasteiger partial charge in [-0.05, 0) is 66.8 Å². The Hall–Kier alpha value is -2.42. The third kappa shape index (κ3) is 5.57. The highest BCUT2D eigenvalue weighted by atomic mass is 32.2. The van der Waals surface area contributed by atoms with E-state index in [2.05, 4.69) is 16.3 Å². The second kappa shape index (κ2) is 10.2. The number of fused-ring (bicyclic) bond motifs is 1. The Balaban J connectivity index is 1.34. The van der Waals surface area contributed by atoms with E-state index in [0.29, 0.717) is 12.2 Å². The van der Waals surface area contributed by atoms with E-state index in [1.54, 1.807) is 38.4 Å². The van der Waals surface area contributed by atoms with Crippen LogP contribution in [0.4, 0.5) is 5.69 Å². The zero-order valence-corrected chi connectivity index (χ0v) is 20.2. The van der Waals surface area contributed by atoms with Gasteiger partial charge in [-0.2, -0.15) is 4.31 Å². The minimum absolute atomic E-state index is 0.0674. The van der Waals surface area contributed by atoms with Crippen LogP contribution in [0.5, 0.6) is 5.75 Å². The summed E-state index contributed by atoms with van der Waals surface area (Å²) < 4.78 is 32.8. The standard InChI is InChI=1S/C25H33N3O4S/c1-27(22-6-4-3-5-7-22)33(30,31)24-12-9-21(10-13-24)26-25(29)18-28-15-14-19-8-11-23(32-2)16-20(19)17-28/h8-13,16,22H,3-7,14-15,17-18H2,1-2H3,(H,26,29). The molecule has 1 N–H and O–H groups in total. The maximum absolute atomic E-state index is 13.0. The summed E-state index contributed by atoms with van der Waals surface area (Å²) >= 11 is 0. The number of hydrogen-bond acceptors (Lipinski definition) is 5. The van der Waals surface area contributed by atoms with E-state index in [1.807, 2.05) is 12.1 Å². The number of ether oxygens (including phenoxy) is 1. The van der Waals surface area contributed by atoms with Crippen molar-refractivity contribution in [3.63, 3.8) is 0 Å². The molecular formula is C25H33N3O4S. The number of carbonyl (C=O) groups excluding carboxylic acids is 1. The molecule has 0 unspecified atom stereocenters. The van der Waals surface area contributed by atoms with Gasteiger partial charge in [0.25, 0.3) is 0 Å². The van der Waals surface area contributed by atoms with Crippen LogP contribution < -0.4 is 10.1 Å². The minimum Gasteiger partial charge on any atom is -0.497 e. The first-order chi connectivity index (χ1) is 15.9. The summed E-state index contributed by atoms with van der Waals surface area (Å²) in [6.45, 7) is 1.79. The Bertz CT molecular complexity index is 1080. The predicted octanol–water partition coefficient (Wildman–Crippen LogP) is 3.65. The number of amides is 1. The third-order valence-corrected chi connectivity index (χ3v) is 8.70. The van der Waals surface area contributed by atoms with Gasteiger partial charge in [0.15, 0.2) is 0 Å². The summed E-state index contributed by atoms with van der Waals surface area (Å²) in [7, 11) is -0.212. The summed E-state index contributed by atoms with van der Waals surface area (Å²) in [6.07, 6.45) is 6.05. The number of hydrogen-bond donors (Lipinski definition) is 1. The second-order valence-corrected chi connectivity index (χ2v) is 11.0. The number of sulfonamides is 1. The lowest BCUT2D eigenvalue weighted by molar-refractivity contribution is -0.117. The molecule has 0 spiro atoms. The lowest BCUT2D eigenvalue weighted by Gasteiger charge is -2.30. The molecule has 1 heterocycles. The highest BCUT2D eigenvalue weighted by Crippen LogP contribution is 2.27. The first-order valence-electron chi connectivity index (χ1n) is 11.6. The predicted molar refractivity (Wildman–Crippen MR) is 129 cm³/mol. The molecule has 1 amide bonds. The minimum atomic E-state index is -3.54. The Morgan fingerprint density at radius 3 is 2.52 bits per heavy atom. The monoisotopic (exact) mass is 471 g/mol. The fourth-order valence-corrected chi connectivity index (χ4v) is 6.19. The summed E-state index contributed by atoms with van der Waals surface area (Å²) in [6, 6.07) is 12.6. The maximum atomic E-state index is 13.0. The van der Waals surface area contributed by atoms with Gasteiger partial charge in [-0.25, -0.2) is 8.42 Å². The van der Waals surface area contributed by atoms with Crippen LogP contribution in [-0.2, 0) is 27.8 Å². The van der Waals surface area contributed by atoms with Crippen LogP contribution >= 0.6 is 0 Å². The average molecular weight is 472 g/mol. The zero-order chi connectivity index (χ0) is 23.4. The SMILES string of the molecule is COc1ccc2c(c1)CN(CC(=O)Nc1ccc(S(=O)(=O)N(C)C3CCCCC3)cc1)CC2. The number of nitrogens with one attached hydrogen (secondary N) is 1. The van der Waals surface area contributed by atoms with Crippen LogP contribution in [0.25, 0.3) is 0 Å². The topological polar surface area (TPSA) is 79.0 Å². The van der Waals surface area contributed by atoms with E-state index in [9.17, 15) is 13.2 Å². The number of benzene rings is 2. The molecule has 4 rings (SSSR count). The quantitative estimate of drug-likeness (QED) is 0.667. The van der Waals surface area contributed by atoms with Crippen molar-refractivity contribution in [3.05, 3.63) is 53.6 Å². The second-order valence-electron chi connectivity index (χ2n) is 8.98. The summed E-state index contributed by atoms with van der Waals surface area (Å²) in [5, 5.41) is 2.89. The average Bonchev–Trinajstić information content (AvgIpc) is 2.83. The Labute approximate surface area is 196 Å². The van der Waals surface area contributed by atoms with E-state index in [1.165, 1.54) is 21.9 Å². The summed E-state index contributed by atoms with van der Waals surface area (Å²) in [5.41, 5.74) is 3.07. The van der Waals surface area contributed by atoms with Crippen LogP contribution in [0.1, 0.15) is 43.2 Å². The lowest BCUT2D eigenvalue weighted by atomic mass is 9.96. The van der Waals surface area contributed by atoms with Crippen molar-refractivity contribution in [3.8, 4) is 5.75 Å². The summed E-state index contributed by atoms with van der Waals surface area (Å²) in [4.78, 5) is 15.0. The van der Waals surface area contributed by atoms with Gasteiger partial charge < -0.3 is 10.1 Å². The fourth-order valence-electron chi connectivity index (χ4n) is 4.77. The van der Waals surface area contributed by atoms with Crippen molar-refractivity contribution in [2.45, 2.75) is 56.0 Å². The highest BCUT2D eigenvalue weighted by Gasteiger charge is 2.29. The fraction of sp³-hybridized carbons (Fsp3) is 0.480. The van der Waals surface area contributed by atoms with Crippen molar-refractivity contribution in [1.82, 2.24) is 9.21 Å². The molecule has 2 aromatic carbocycles. The molecule has 1 fully saturated rings. The molecule has 1 aliphatic heterocycles. The molecular weight excluding hydrogens is 438 g/mol. The Morgan fingerprint density at radius 2 is 1.82 bits per heavy atom. The molecule has 0 radical (unpaired) electrons. The number of methoxy groups -OCH3 is 1. The van der Waals surface area contributed by atoms with E-state index in [-0.39, 0.29) is 23.4 Å². The van der Waals surface area contributed by atoms with E-state index in [0.717, 1.165) is 44.4 Å². The van der Waals surface area contributed by atoms with Gasteiger partial charge in [0.05, 0.1) is 18.6 Å². The Kier molecular flexibility index (Phi) is 7.36. The van der Waals surface area contributed by atoms with Crippen LogP contribution in [0.3, 0.4) is 0 Å². The van der Waals surface area contributed by atoms with Gasteiger partial charge in [0.2, 0.25) is 15.9 Å².